The van der Waals surface area contributed by atoms with Crippen LogP contribution in [-0.2, 0) is 14.2 Å². The molecule has 0 aromatic heterocycles. The molecular formula is C12H21NO4. The molecule has 1 heterocycles. The number of ether oxygens (including phenoxy) is 3. The van der Waals surface area contributed by atoms with Crippen molar-refractivity contribution in [3.05, 3.63) is 12.7 Å². The quantitative estimate of drug-likeness (QED) is 0.535. The molecule has 1 aliphatic carbocycles. The number of piperidine rings is 1. The van der Waals surface area contributed by atoms with E-state index >= 15 is 0 Å². The fourth-order valence-electron chi connectivity index (χ4n) is 2.39. The van der Waals surface area contributed by atoms with Crippen LogP contribution in [0.1, 0.15) is 12.8 Å². The molecule has 2 fully saturated rings. The van der Waals surface area contributed by atoms with Gasteiger partial charge in [0.1, 0.15) is 0 Å². The highest BCUT2D eigenvalue weighted by Gasteiger charge is 2.72. The topological polar surface area (TPSA) is 60.0 Å². The molecule has 0 unspecified atom stereocenters. The van der Waals surface area contributed by atoms with Crippen LogP contribution in [0.25, 0.3) is 0 Å². The number of hydrogen-bond donors (Lipinski definition) is 2. The monoisotopic (exact) mass is 243 g/mol. The van der Waals surface area contributed by atoms with Gasteiger partial charge in [-0.1, -0.05) is 6.08 Å². The van der Waals surface area contributed by atoms with Crippen molar-refractivity contribution in [3.8, 4) is 0 Å². The summed E-state index contributed by atoms with van der Waals surface area (Å²) >= 11 is 0. The lowest BCUT2D eigenvalue weighted by atomic mass is 9.98. The molecule has 98 valence electrons. The summed E-state index contributed by atoms with van der Waals surface area (Å²) in [7, 11) is 2.98. The van der Waals surface area contributed by atoms with Crippen molar-refractivity contribution in [1.29, 1.82) is 0 Å². The summed E-state index contributed by atoms with van der Waals surface area (Å²) in [5.74, 6) is -1.91. The molecule has 4 atom stereocenters. The molecule has 1 saturated carbocycles. The lowest BCUT2D eigenvalue weighted by Gasteiger charge is -2.32. The zero-order chi connectivity index (χ0) is 12.5. The zero-order valence-corrected chi connectivity index (χ0v) is 10.4. The van der Waals surface area contributed by atoms with E-state index in [1.807, 2.05) is 6.08 Å². The van der Waals surface area contributed by atoms with E-state index in [4.69, 9.17) is 14.2 Å². The van der Waals surface area contributed by atoms with E-state index in [9.17, 15) is 5.11 Å². The second-order valence-corrected chi connectivity index (χ2v) is 4.75. The minimum absolute atomic E-state index is 0.0101. The van der Waals surface area contributed by atoms with E-state index in [0.717, 1.165) is 19.5 Å². The van der Waals surface area contributed by atoms with Crippen LogP contribution in [0.5, 0.6) is 0 Å². The van der Waals surface area contributed by atoms with Crippen LogP contribution in [-0.4, -0.2) is 50.1 Å². The van der Waals surface area contributed by atoms with Gasteiger partial charge in [-0.15, -0.1) is 6.58 Å². The summed E-state index contributed by atoms with van der Waals surface area (Å²) in [6.45, 7) is 5.48. The van der Waals surface area contributed by atoms with Crippen LogP contribution < -0.4 is 5.32 Å². The summed E-state index contributed by atoms with van der Waals surface area (Å²) in [6, 6.07) is 0. The third kappa shape index (κ3) is 2.26. The number of rotatable bonds is 5. The minimum Gasteiger partial charge on any atom is -0.361 e. The van der Waals surface area contributed by atoms with Crippen molar-refractivity contribution < 1.29 is 19.3 Å². The van der Waals surface area contributed by atoms with Crippen LogP contribution in [0.4, 0.5) is 0 Å². The molecule has 1 saturated heterocycles. The largest absolute Gasteiger partial charge is 0.361 e. The maximum atomic E-state index is 9.99. The van der Waals surface area contributed by atoms with Gasteiger partial charge in [-0.3, -0.25) is 0 Å². The van der Waals surface area contributed by atoms with Gasteiger partial charge in [0.2, 0.25) is 11.6 Å². The summed E-state index contributed by atoms with van der Waals surface area (Å²) in [4.78, 5) is 0. The lowest BCUT2D eigenvalue weighted by molar-refractivity contribution is -0.270. The van der Waals surface area contributed by atoms with Gasteiger partial charge in [0, 0.05) is 27.3 Å². The molecule has 0 aromatic carbocycles. The molecule has 2 rings (SSSR count). The molecule has 0 spiro atoms. The number of methoxy groups -OCH3 is 2. The van der Waals surface area contributed by atoms with Crippen molar-refractivity contribution >= 4 is 0 Å². The van der Waals surface area contributed by atoms with Crippen molar-refractivity contribution in [2.24, 2.45) is 5.92 Å². The van der Waals surface area contributed by atoms with Crippen LogP contribution >= 0.6 is 0 Å². The van der Waals surface area contributed by atoms with Gasteiger partial charge in [-0.25, -0.2) is 0 Å². The molecule has 1 aliphatic heterocycles. The normalized spacial score (nSPS) is 45.6. The molecule has 2 aliphatic rings. The van der Waals surface area contributed by atoms with E-state index in [-0.39, 0.29) is 6.10 Å². The van der Waals surface area contributed by atoms with E-state index in [1.54, 1.807) is 0 Å². The summed E-state index contributed by atoms with van der Waals surface area (Å²) in [5, 5.41) is 13.3. The molecule has 0 radical (unpaired) electrons. The lowest BCUT2D eigenvalue weighted by Crippen LogP contribution is -2.45. The Labute approximate surface area is 102 Å². The second-order valence-electron chi connectivity index (χ2n) is 4.75. The van der Waals surface area contributed by atoms with Crippen molar-refractivity contribution in [1.82, 2.24) is 5.32 Å². The van der Waals surface area contributed by atoms with Gasteiger partial charge in [0.05, 0.1) is 12.5 Å². The van der Waals surface area contributed by atoms with Gasteiger partial charge in [0.15, 0.2) is 0 Å². The van der Waals surface area contributed by atoms with Crippen molar-refractivity contribution in [3.63, 3.8) is 0 Å². The average Bonchev–Trinajstić information content (AvgIpc) is 2.96. The third-order valence-corrected chi connectivity index (χ3v) is 3.64. The second kappa shape index (κ2) is 4.66. The Hall–Kier alpha value is -0.460. The molecule has 0 amide bonds. The molecule has 0 bridgehead atoms. The average molecular weight is 243 g/mol. The van der Waals surface area contributed by atoms with Crippen LogP contribution in [0.3, 0.4) is 0 Å². The molecule has 5 heteroatoms. The van der Waals surface area contributed by atoms with Gasteiger partial charge in [0.25, 0.3) is 0 Å². The van der Waals surface area contributed by atoms with Crippen LogP contribution in [0.2, 0.25) is 0 Å². The number of hydrogen-bond acceptors (Lipinski definition) is 5. The standard InChI is InChI=1S/C12H21NO4/c1-4-9-5-10(7-13-6-9)17-12(16-3)8-11(12,14)15-2/h4,9-10,13-14H,1,5-8H2,2-3H3/t9-,10+,11-,12+/m1/s1. The predicted octanol–water partition coefficient (Wildman–Crippen LogP) is 0.248. The number of aliphatic hydroxyl groups is 1. The van der Waals surface area contributed by atoms with E-state index < -0.39 is 11.6 Å². The predicted molar refractivity (Wildman–Crippen MR) is 62.4 cm³/mol. The van der Waals surface area contributed by atoms with Gasteiger partial charge in [-0.05, 0) is 12.3 Å². The summed E-state index contributed by atoms with van der Waals surface area (Å²) in [6.07, 6.45) is 3.18. The maximum absolute atomic E-state index is 9.99. The Morgan fingerprint density at radius 3 is 2.65 bits per heavy atom. The first-order chi connectivity index (χ1) is 8.09. The van der Waals surface area contributed by atoms with Gasteiger partial charge in [-0.2, -0.15) is 0 Å². The molecule has 2 N–H and O–H groups in total. The summed E-state index contributed by atoms with van der Waals surface area (Å²) in [5.41, 5.74) is 0. The molecule has 0 aromatic rings. The molecular weight excluding hydrogens is 222 g/mol. The fourth-order valence-corrected chi connectivity index (χ4v) is 2.39. The first-order valence-corrected chi connectivity index (χ1v) is 5.93. The van der Waals surface area contributed by atoms with E-state index in [0.29, 0.717) is 12.3 Å². The zero-order valence-electron chi connectivity index (χ0n) is 10.4. The highest BCUT2D eigenvalue weighted by Crippen LogP contribution is 2.52. The summed E-state index contributed by atoms with van der Waals surface area (Å²) < 4.78 is 16.2. The fraction of sp³-hybridized carbons (Fsp3) is 0.833. The maximum Gasteiger partial charge on any atom is 0.229 e. The smallest absolute Gasteiger partial charge is 0.229 e. The minimum atomic E-state index is -1.30. The highest BCUT2D eigenvalue weighted by molar-refractivity contribution is 5.08. The van der Waals surface area contributed by atoms with E-state index in [2.05, 4.69) is 11.9 Å². The Kier molecular flexibility index (Phi) is 3.56. The van der Waals surface area contributed by atoms with E-state index in [1.165, 1.54) is 14.2 Å². The SMILES string of the molecule is C=C[C@H]1CNC[C@@H](O[C@@]2(OC)C[C@@]2(O)OC)C1. The third-order valence-electron chi connectivity index (χ3n) is 3.64. The first-order valence-electron chi connectivity index (χ1n) is 5.93. The number of nitrogens with one attached hydrogen (secondary N) is 1. The van der Waals surface area contributed by atoms with Crippen molar-refractivity contribution in [2.45, 2.75) is 30.5 Å². The Bertz CT molecular complexity index is 298. The van der Waals surface area contributed by atoms with Crippen molar-refractivity contribution in [2.75, 3.05) is 27.3 Å². The van der Waals surface area contributed by atoms with Crippen LogP contribution in [0.15, 0.2) is 12.7 Å². The van der Waals surface area contributed by atoms with Gasteiger partial charge < -0.3 is 24.6 Å². The Morgan fingerprint density at radius 1 is 1.35 bits per heavy atom. The van der Waals surface area contributed by atoms with Crippen LogP contribution in [0, 0.1) is 5.92 Å². The molecule has 17 heavy (non-hydrogen) atoms. The highest BCUT2D eigenvalue weighted by atomic mass is 16.8. The molecule has 5 nitrogen and oxygen atoms in total. The Morgan fingerprint density at radius 2 is 2.12 bits per heavy atom. The van der Waals surface area contributed by atoms with Gasteiger partial charge >= 0.3 is 0 Å². The first kappa shape index (κ1) is 13.0. The Balaban J connectivity index is 1.94.